The Morgan fingerprint density at radius 3 is 2.12 bits per heavy atom. The number of carbonyl (C=O) groups is 1. The number of unbranched alkanes of at least 4 members (excludes halogenated alkanes) is 4. The smallest absolute Gasteiger partial charge is 0.337 e. The van der Waals surface area contributed by atoms with Crippen LogP contribution in [0.1, 0.15) is 98.8 Å². The molecule has 4 unspecified atom stereocenters. The zero-order chi connectivity index (χ0) is 19.3. The maximum Gasteiger partial charge on any atom is 0.337 e. The summed E-state index contributed by atoms with van der Waals surface area (Å²) in [5.41, 5.74) is -0.459. The van der Waals surface area contributed by atoms with Gasteiger partial charge in [-0.25, -0.2) is 4.79 Å². The summed E-state index contributed by atoms with van der Waals surface area (Å²) >= 11 is 0. The molecule has 4 atom stereocenters. The summed E-state index contributed by atoms with van der Waals surface area (Å²) in [6.07, 6.45) is 8.90. The zero-order valence-electron chi connectivity index (χ0n) is 17.2. The maximum atomic E-state index is 11.7. The number of aliphatic hydroxyl groups excluding tert-OH is 2. The van der Waals surface area contributed by atoms with Crippen LogP contribution in [0.2, 0.25) is 0 Å². The average molecular weight is 359 g/mol. The first-order valence-electron chi connectivity index (χ1n) is 10.3. The first kappa shape index (κ1) is 24.4. The quantitative estimate of drug-likeness (QED) is 0.324. The molecule has 0 aliphatic rings. The highest BCUT2D eigenvalue weighted by Crippen LogP contribution is 2.34. The van der Waals surface area contributed by atoms with Crippen molar-refractivity contribution in [3.05, 3.63) is 0 Å². The van der Waals surface area contributed by atoms with E-state index in [-0.39, 0.29) is 6.61 Å². The monoisotopic (exact) mass is 358 g/mol. The number of carbonyl (C=O) groups excluding carboxylic acids is 1. The molecule has 0 saturated carbocycles. The van der Waals surface area contributed by atoms with Gasteiger partial charge in [-0.2, -0.15) is 0 Å². The largest absolute Gasteiger partial charge is 0.464 e. The molecule has 0 fully saturated rings. The Morgan fingerprint density at radius 2 is 1.60 bits per heavy atom. The molecule has 4 nitrogen and oxygen atoms in total. The van der Waals surface area contributed by atoms with E-state index in [4.69, 9.17) is 4.74 Å². The molecule has 4 heteroatoms. The van der Waals surface area contributed by atoms with Crippen molar-refractivity contribution in [2.75, 3.05) is 6.61 Å². The van der Waals surface area contributed by atoms with Gasteiger partial charge in [-0.15, -0.1) is 0 Å². The molecule has 0 spiro atoms. The summed E-state index contributed by atoms with van der Waals surface area (Å²) in [7, 11) is 0. The van der Waals surface area contributed by atoms with Gasteiger partial charge in [-0.05, 0) is 31.1 Å². The summed E-state index contributed by atoms with van der Waals surface area (Å²) < 4.78 is 4.83. The van der Waals surface area contributed by atoms with E-state index in [1.807, 2.05) is 13.8 Å². The minimum Gasteiger partial charge on any atom is -0.464 e. The van der Waals surface area contributed by atoms with Gasteiger partial charge in [0.25, 0.3) is 0 Å². The van der Waals surface area contributed by atoms with Crippen LogP contribution in [0, 0.1) is 11.3 Å². The van der Waals surface area contributed by atoms with Crippen molar-refractivity contribution >= 4 is 5.97 Å². The first-order valence-corrected chi connectivity index (χ1v) is 10.3. The van der Waals surface area contributed by atoms with Crippen molar-refractivity contribution in [2.45, 2.75) is 111 Å². The highest BCUT2D eigenvalue weighted by molar-refractivity contribution is 5.75. The van der Waals surface area contributed by atoms with Crippen molar-refractivity contribution in [3.63, 3.8) is 0 Å². The lowest BCUT2D eigenvalue weighted by Crippen LogP contribution is -2.45. The van der Waals surface area contributed by atoms with Gasteiger partial charge in [0.2, 0.25) is 0 Å². The number of aliphatic hydroxyl groups is 2. The minimum atomic E-state index is -1.46. The van der Waals surface area contributed by atoms with Crippen LogP contribution in [0.3, 0.4) is 0 Å². The molecule has 0 radical (unpaired) electrons. The zero-order valence-corrected chi connectivity index (χ0v) is 17.2. The van der Waals surface area contributed by atoms with Crippen LogP contribution in [0.15, 0.2) is 0 Å². The Labute approximate surface area is 155 Å². The van der Waals surface area contributed by atoms with Crippen molar-refractivity contribution in [3.8, 4) is 0 Å². The van der Waals surface area contributed by atoms with Crippen molar-refractivity contribution in [1.29, 1.82) is 0 Å². The number of rotatable bonds is 15. The molecule has 0 bridgehead atoms. The van der Waals surface area contributed by atoms with E-state index in [0.29, 0.717) is 0 Å². The summed E-state index contributed by atoms with van der Waals surface area (Å²) in [5, 5.41) is 20.5. The first-order chi connectivity index (χ1) is 11.8. The van der Waals surface area contributed by atoms with Gasteiger partial charge in [0, 0.05) is 0 Å². The van der Waals surface area contributed by atoms with Gasteiger partial charge in [-0.1, -0.05) is 79.1 Å². The second-order valence-electron chi connectivity index (χ2n) is 7.85. The fraction of sp³-hybridized carbons (Fsp3) is 0.952. The van der Waals surface area contributed by atoms with Crippen LogP contribution >= 0.6 is 0 Å². The molecule has 2 N–H and O–H groups in total. The van der Waals surface area contributed by atoms with Crippen LogP contribution in [0.25, 0.3) is 0 Å². The van der Waals surface area contributed by atoms with Gasteiger partial charge in [0.15, 0.2) is 6.10 Å². The van der Waals surface area contributed by atoms with Gasteiger partial charge in [0.1, 0.15) is 0 Å². The number of ether oxygens (including phenoxy) is 1. The molecule has 0 rings (SSSR count). The Kier molecular flexibility index (Phi) is 13.2. The van der Waals surface area contributed by atoms with Crippen LogP contribution in [0.5, 0.6) is 0 Å². The predicted octanol–water partition coefficient (Wildman–Crippen LogP) is 4.85. The Balaban J connectivity index is 4.19. The summed E-state index contributed by atoms with van der Waals surface area (Å²) in [5.74, 6) is 0.0657. The molecular formula is C21H42O4. The number of hydrogen-bond acceptors (Lipinski definition) is 4. The standard InChI is InChI=1S/C21H42O4/c1-6-9-11-14-17(4)15-12-10-13-16-21(5,7-2)19(23)18(22)20(24)25-8-3/h17-19,22-23H,6-16H2,1-5H3. The molecule has 0 amide bonds. The van der Waals surface area contributed by atoms with E-state index >= 15 is 0 Å². The highest BCUT2D eigenvalue weighted by atomic mass is 16.5. The lowest BCUT2D eigenvalue weighted by molar-refractivity contribution is -0.165. The van der Waals surface area contributed by atoms with Crippen LogP contribution in [0.4, 0.5) is 0 Å². The Bertz CT molecular complexity index is 345. The lowest BCUT2D eigenvalue weighted by Gasteiger charge is -2.35. The van der Waals surface area contributed by atoms with E-state index < -0.39 is 23.6 Å². The number of esters is 1. The average Bonchev–Trinajstić information content (AvgIpc) is 2.60. The van der Waals surface area contributed by atoms with Gasteiger partial charge < -0.3 is 14.9 Å². The third-order valence-corrected chi connectivity index (χ3v) is 5.59. The van der Waals surface area contributed by atoms with E-state index in [9.17, 15) is 15.0 Å². The van der Waals surface area contributed by atoms with E-state index in [1.165, 1.54) is 38.5 Å². The molecule has 25 heavy (non-hydrogen) atoms. The van der Waals surface area contributed by atoms with Crippen LogP contribution < -0.4 is 0 Å². The molecule has 0 saturated heterocycles. The second kappa shape index (κ2) is 13.6. The molecule has 0 aromatic heterocycles. The van der Waals surface area contributed by atoms with Gasteiger partial charge in [-0.3, -0.25) is 0 Å². The molecule has 0 aromatic rings. The second-order valence-corrected chi connectivity index (χ2v) is 7.85. The topological polar surface area (TPSA) is 66.8 Å². The molecule has 0 heterocycles. The fourth-order valence-electron chi connectivity index (χ4n) is 3.36. The Morgan fingerprint density at radius 1 is 1.00 bits per heavy atom. The normalized spacial score (nSPS) is 17.6. The molecule has 0 aromatic carbocycles. The molecule has 0 aliphatic heterocycles. The molecular weight excluding hydrogens is 316 g/mol. The fourth-order valence-corrected chi connectivity index (χ4v) is 3.36. The highest BCUT2D eigenvalue weighted by Gasteiger charge is 2.39. The van der Waals surface area contributed by atoms with E-state index in [2.05, 4.69) is 13.8 Å². The van der Waals surface area contributed by atoms with Gasteiger partial charge >= 0.3 is 5.97 Å². The third-order valence-electron chi connectivity index (χ3n) is 5.59. The maximum absolute atomic E-state index is 11.7. The molecule has 150 valence electrons. The minimum absolute atomic E-state index is 0.210. The third kappa shape index (κ3) is 9.60. The SMILES string of the molecule is CCCCCC(C)CCCCCC(C)(CC)C(O)C(O)C(=O)OCC. The summed E-state index contributed by atoms with van der Waals surface area (Å²) in [6.45, 7) is 10.4. The number of hydrogen-bond donors (Lipinski definition) is 2. The van der Waals surface area contributed by atoms with Crippen LogP contribution in [-0.2, 0) is 9.53 Å². The van der Waals surface area contributed by atoms with Crippen molar-refractivity contribution in [2.24, 2.45) is 11.3 Å². The summed E-state index contributed by atoms with van der Waals surface area (Å²) in [6, 6.07) is 0. The van der Waals surface area contributed by atoms with Crippen molar-refractivity contribution in [1.82, 2.24) is 0 Å². The predicted molar refractivity (Wildman–Crippen MR) is 103 cm³/mol. The van der Waals surface area contributed by atoms with Crippen molar-refractivity contribution < 1.29 is 19.7 Å². The summed E-state index contributed by atoms with van der Waals surface area (Å²) in [4.78, 5) is 11.7. The Hall–Kier alpha value is -0.610. The van der Waals surface area contributed by atoms with Gasteiger partial charge in [0.05, 0.1) is 12.7 Å². The lowest BCUT2D eigenvalue weighted by atomic mass is 9.75. The van der Waals surface area contributed by atoms with E-state index in [1.54, 1.807) is 6.92 Å². The van der Waals surface area contributed by atoms with E-state index in [0.717, 1.165) is 31.6 Å². The molecule has 0 aliphatic carbocycles. The van der Waals surface area contributed by atoms with Crippen LogP contribution in [-0.4, -0.2) is 35.0 Å².